The van der Waals surface area contributed by atoms with E-state index in [4.69, 9.17) is 0 Å². The predicted molar refractivity (Wildman–Crippen MR) is 146 cm³/mol. The first-order chi connectivity index (χ1) is 15.2. The minimum atomic E-state index is -0.189. The Kier molecular flexibility index (Phi) is 7.70. The second-order valence-electron chi connectivity index (χ2n) is 12.3. The second kappa shape index (κ2) is 9.48. The molecule has 1 N–H and O–H groups in total. The van der Waals surface area contributed by atoms with Gasteiger partial charge in [-0.1, -0.05) is 84.5 Å². The molecule has 0 aliphatic heterocycles. The Morgan fingerprint density at radius 3 is 1.94 bits per heavy atom. The molecule has 34 heavy (non-hydrogen) atoms. The number of Topliss-reactive ketones (excluding diaryl/α,β-unsaturated/α-hetero) is 1. The number of rotatable bonds is 3. The summed E-state index contributed by atoms with van der Waals surface area (Å²) in [6, 6.07) is 12.7. The van der Waals surface area contributed by atoms with Crippen LogP contribution in [0.25, 0.3) is 11.1 Å². The van der Waals surface area contributed by atoms with E-state index in [9.17, 15) is 9.90 Å². The van der Waals surface area contributed by atoms with Crippen molar-refractivity contribution >= 4 is 68.3 Å². The van der Waals surface area contributed by atoms with Crippen LogP contribution in [0.5, 0.6) is 0 Å². The van der Waals surface area contributed by atoms with Gasteiger partial charge in [-0.2, -0.15) is 0 Å². The monoisotopic (exact) mass is 482 g/mol. The van der Waals surface area contributed by atoms with Crippen molar-refractivity contribution in [3.8, 4) is 0 Å². The number of carbonyl (C=O) groups is 1. The molecule has 0 unspecified atom stereocenters. The average Bonchev–Trinajstić information content (AvgIpc) is 2.70. The maximum atomic E-state index is 12.7. The number of carbonyl (C=O) groups excluding carboxylic acids is 1. The van der Waals surface area contributed by atoms with E-state index in [1.807, 2.05) is 38.1 Å². The van der Waals surface area contributed by atoms with Gasteiger partial charge in [-0.15, -0.1) is 0 Å². The fourth-order valence-corrected chi connectivity index (χ4v) is 5.66. The fourth-order valence-electron chi connectivity index (χ4n) is 5.66. The number of benzene rings is 2. The number of hydrogen-bond donors (Lipinski definition) is 1. The second-order valence-corrected chi connectivity index (χ2v) is 12.3. The van der Waals surface area contributed by atoms with Crippen LogP contribution in [-0.2, 0) is 15.6 Å². The Morgan fingerprint density at radius 1 is 0.882 bits per heavy atom. The summed E-state index contributed by atoms with van der Waals surface area (Å²) >= 11 is 0. The number of aliphatic hydroxyl groups excluding tert-OH is 1. The first-order valence-electron chi connectivity index (χ1n) is 12.1. The molecule has 0 aromatic heterocycles. The van der Waals surface area contributed by atoms with E-state index in [1.165, 1.54) is 35.1 Å². The Labute approximate surface area is 248 Å². The van der Waals surface area contributed by atoms with Crippen LogP contribution >= 0.6 is 0 Å². The molecule has 0 bridgehead atoms. The van der Waals surface area contributed by atoms with E-state index in [1.54, 1.807) is 0 Å². The van der Waals surface area contributed by atoms with E-state index >= 15 is 0 Å². The molecule has 0 fully saturated rings. The van der Waals surface area contributed by atoms with Gasteiger partial charge in [-0.3, -0.25) is 4.79 Å². The van der Waals surface area contributed by atoms with Gasteiger partial charge in [0.25, 0.3) is 0 Å². The first kappa shape index (κ1) is 27.6. The molecule has 2 aromatic carbocycles. The summed E-state index contributed by atoms with van der Waals surface area (Å²) in [5.74, 6) is 0.226. The van der Waals surface area contributed by atoms with E-state index in [0.717, 1.165) is 16.7 Å². The van der Waals surface area contributed by atoms with Crippen LogP contribution in [-0.4, -0.2) is 62.3 Å². The molecule has 0 saturated carbocycles. The molecular weight excluding hydrogens is 443 g/mol. The van der Waals surface area contributed by atoms with Gasteiger partial charge >= 0.3 is 51.4 Å². The topological polar surface area (TPSA) is 37.3 Å². The number of hydrogen-bond acceptors (Lipinski definition) is 2. The van der Waals surface area contributed by atoms with Crippen LogP contribution in [0, 0.1) is 12.3 Å². The van der Waals surface area contributed by atoms with Gasteiger partial charge in [-0.25, -0.2) is 0 Å². The van der Waals surface area contributed by atoms with Crippen molar-refractivity contribution in [3.63, 3.8) is 0 Å². The molecule has 3 heteroatoms. The molecule has 176 valence electrons. The summed E-state index contributed by atoms with van der Waals surface area (Å²) < 4.78 is 0. The molecule has 0 heterocycles. The SMILES string of the molecule is C=C(c1ccc(C2=C(O)CC(C)(C)CC2=O)cc1)c1cc2c(cc1C)C(C)(C)CCC2(C)C.[KH]. The van der Waals surface area contributed by atoms with Gasteiger partial charge in [0.05, 0.1) is 5.57 Å². The number of aryl methyl sites for hydroxylation is 1. The van der Waals surface area contributed by atoms with Crippen LogP contribution < -0.4 is 0 Å². The van der Waals surface area contributed by atoms with E-state index in [2.05, 4.69) is 53.3 Å². The van der Waals surface area contributed by atoms with Crippen LogP contribution in [0.4, 0.5) is 0 Å². The number of ketones is 1. The molecular formula is C31H39KO2. The maximum absolute atomic E-state index is 12.7. The zero-order valence-corrected chi connectivity index (χ0v) is 21.4. The molecule has 2 aliphatic rings. The molecule has 0 saturated heterocycles. The van der Waals surface area contributed by atoms with Gasteiger partial charge in [0.1, 0.15) is 5.76 Å². The molecule has 2 aromatic rings. The number of allylic oxidation sites excluding steroid dienone is 2. The van der Waals surface area contributed by atoms with Crippen molar-refractivity contribution in [2.75, 3.05) is 0 Å². The molecule has 0 spiro atoms. The number of aliphatic hydroxyl groups is 1. The van der Waals surface area contributed by atoms with Gasteiger partial charge in [0.15, 0.2) is 5.78 Å². The van der Waals surface area contributed by atoms with E-state index in [0.29, 0.717) is 18.4 Å². The summed E-state index contributed by atoms with van der Waals surface area (Å²) in [5, 5.41) is 10.6. The van der Waals surface area contributed by atoms with Crippen molar-refractivity contribution < 1.29 is 9.90 Å². The zero-order chi connectivity index (χ0) is 24.3. The molecule has 4 rings (SSSR count). The van der Waals surface area contributed by atoms with Crippen LogP contribution in [0.15, 0.2) is 48.7 Å². The Balaban J connectivity index is 0.00000324. The van der Waals surface area contributed by atoms with E-state index in [-0.39, 0.29) is 79.2 Å². The van der Waals surface area contributed by atoms with Gasteiger partial charge in [0.2, 0.25) is 0 Å². The van der Waals surface area contributed by atoms with Crippen molar-refractivity contribution in [2.45, 2.75) is 85.0 Å². The third-order valence-electron chi connectivity index (χ3n) is 7.90. The zero-order valence-electron chi connectivity index (χ0n) is 21.4. The summed E-state index contributed by atoms with van der Waals surface area (Å²) in [7, 11) is 0. The van der Waals surface area contributed by atoms with Gasteiger partial charge in [0, 0.05) is 12.8 Å². The quantitative estimate of drug-likeness (QED) is 0.462. The average molecular weight is 483 g/mol. The molecule has 0 atom stereocenters. The normalized spacial score (nSPS) is 20.4. The molecule has 2 aliphatic carbocycles. The molecule has 0 radical (unpaired) electrons. The Bertz CT molecular complexity index is 1180. The summed E-state index contributed by atoms with van der Waals surface area (Å²) in [6.45, 7) is 20.1. The molecule has 0 amide bonds. The molecule has 2 nitrogen and oxygen atoms in total. The fraction of sp³-hybridized carbons (Fsp3) is 0.452. The van der Waals surface area contributed by atoms with Gasteiger partial charge in [-0.05, 0) is 75.0 Å². The Morgan fingerprint density at radius 2 is 1.41 bits per heavy atom. The van der Waals surface area contributed by atoms with Crippen molar-refractivity contribution in [1.82, 2.24) is 0 Å². The third-order valence-corrected chi connectivity index (χ3v) is 7.90. The van der Waals surface area contributed by atoms with Crippen LogP contribution in [0.2, 0.25) is 0 Å². The Hall–Kier alpha value is -0.974. The third kappa shape index (κ3) is 5.10. The minimum absolute atomic E-state index is 0. The van der Waals surface area contributed by atoms with Crippen LogP contribution in [0.3, 0.4) is 0 Å². The summed E-state index contributed by atoms with van der Waals surface area (Å²) in [6.07, 6.45) is 3.37. The standard InChI is InChI=1S/C31H38O2.K.H/c1-19-15-24-25(31(7,8)14-13-30(24,5)6)16-23(19)20(2)21-9-11-22(12-10-21)28-26(32)17-29(3,4)18-27(28)33;;/h9-12,15-16,32H,2,13-14,17-18H2,1,3-8H3;;. The van der Waals surface area contributed by atoms with Gasteiger partial charge < -0.3 is 5.11 Å². The van der Waals surface area contributed by atoms with Crippen LogP contribution in [0.1, 0.15) is 101 Å². The van der Waals surface area contributed by atoms with E-state index < -0.39 is 0 Å². The van der Waals surface area contributed by atoms with Crippen molar-refractivity contribution in [2.24, 2.45) is 5.41 Å². The first-order valence-corrected chi connectivity index (χ1v) is 12.1. The van der Waals surface area contributed by atoms with Crippen molar-refractivity contribution in [1.29, 1.82) is 0 Å². The summed E-state index contributed by atoms with van der Waals surface area (Å²) in [4.78, 5) is 12.7. The van der Waals surface area contributed by atoms with Crippen molar-refractivity contribution in [3.05, 3.63) is 82.1 Å². The summed E-state index contributed by atoms with van der Waals surface area (Å²) in [5.41, 5.74) is 8.77. The predicted octanol–water partition coefficient (Wildman–Crippen LogP) is 7.42. The number of fused-ring (bicyclic) bond motifs is 1.